The van der Waals surface area contributed by atoms with Gasteiger partial charge in [0.1, 0.15) is 23.6 Å². The molecule has 29 heavy (non-hydrogen) atoms. The normalized spacial score (nSPS) is 21.4. The van der Waals surface area contributed by atoms with Crippen molar-refractivity contribution in [1.82, 2.24) is 14.9 Å². The van der Waals surface area contributed by atoms with Crippen molar-refractivity contribution in [3.05, 3.63) is 71.4 Å². The van der Waals surface area contributed by atoms with E-state index in [1.807, 2.05) is 4.90 Å². The van der Waals surface area contributed by atoms with Crippen molar-refractivity contribution >= 4 is 5.91 Å². The van der Waals surface area contributed by atoms with Gasteiger partial charge in [0.2, 0.25) is 0 Å². The van der Waals surface area contributed by atoms with Gasteiger partial charge in [-0.3, -0.25) is 9.78 Å². The summed E-state index contributed by atoms with van der Waals surface area (Å²) >= 11 is 0. The lowest BCUT2D eigenvalue weighted by Crippen LogP contribution is -2.45. The van der Waals surface area contributed by atoms with Crippen LogP contribution in [-0.2, 0) is 6.42 Å². The van der Waals surface area contributed by atoms with Gasteiger partial charge in [-0.25, -0.2) is 13.8 Å². The number of halogens is 2. The number of nitrogens with zero attached hydrogens (tertiary/aromatic N) is 3. The van der Waals surface area contributed by atoms with Gasteiger partial charge in [-0.2, -0.15) is 0 Å². The zero-order valence-electron chi connectivity index (χ0n) is 15.6. The highest BCUT2D eigenvalue weighted by Crippen LogP contribution is 2.35. The van der Waals surface area contributed by atoms with Crippen LogP contribution in [0.3, 0.4) is 0 Å². The number of pyridine rings is 1. The van der Waals surface area contributed by atoms with Gasteiger partial charge in [-0.15, -0.1) is 0 Å². The Morgan fingerprint density at radius 3 is 2.72 bits per heavy atom. The molecule has 2 aromatic heterocycles. The van der Waals surface area contributed by atoms with Crippen LogP contribution in [-0.4, -0.2) is 33.4 Å². The van der Waals surface area contributed by atoms with E-state index in [4.69, 9.17) is 4.42 Å². The molecule has 1 amide bonds. The fraction of sp³-hybridized carbons (Fsp3) is 0.318. The number of carbonyl (C=O) groups is 1. The SMILES string of the molecule is O=C1c2ccc(F)cc2CCC2CCC(c3nc(-c4ccc(F)cn4)co3)CN12. The summed E-state index contributed by atoms with van der Waals surface area (Å²) in [6.07, 6.45) is 5.89. The van der Waals surface area contributed by atoms with Gasteiger partial charge in [0.15, 0.2) is 5.89 Å². The molecule has 0 bridgehead atoms. The maximum Gasteiger partial charge on any atom is 0.254 e. The van der Waals surface area contributed by atoms with E-state index in [9.17, 15) is 13.6 Å². The zero-order chi connectivity index (χ0) is 20.0. The Kier molecular flexibility index (Phi) is 4.38. The Hall–Kier alpha value is -3.09. The van der Waals surface area contributed by atoms with E-state index in [-0.39, 0.29) is 23.7 Å². The molecule has 0 saturated carbocycles. The van der Waals surface area contributed by atoms with Crippen LogP contribution in [0.4, 0.5) is 8.78 Å². The van der Waals surface area contributed by atoms with Crippen LogP contribution in [0.25, 0.3) is 11.4 Å². The van der Waals surface area contributed by atoms with Crippen molar-refractivity contribution in [2.24, 2.45) is 0 Å². The summed E-state index contributed by atoms with van der Waals surface area (Å²) in [5.41, 5.74) is 2.45. The monoisotopic (exact) mass is 395 g/mol. The number of carbonyl (C=O) groups excluding carboxylic acids is 1. The first-order chi connectivity index (χ1) is 14.1. The van der Waals surface area contributed by atoms with Gasteiger partial charge in [0, 0.05) is 18.2 Å². The van der Waals surface area contributed by atoms with Crippen LogP contribution in [0.15, 0.2) is 47.2 Å². The Balaban J connectivity index is 1.39. The minimum Gasteiger partial charge on any atom is -0.448 e. The largest absolute Gasteiger partial charge is 0.448 e. The molecule has 0 radical (unpaired) electrons. The number of oxazole rings is 1. The van der Waals surface area contributed by atoms with Crippen molar-refractivity contribution < 1.29 is 18.0 Å². The van der Waals surface area contributed by atoms with Crippen molar-refractivity contribution in [3.63, 3.8) is 0 Å². The molecule has 4 heterocycles. The third-order valence-corrected chi connectivity index (χ3v) is 5.87. The molecule has 2 aliphatic heterocycles. The second kappa shape index (κ2) is 7.06. The van der Waals surface area contributed by atoms with Gasteiger partial charge in [-0.05, 0) is 61.6 Å². The highest BCUT2D eigenvalue weighted by molar-refractivity contribution is 5.96. The van der Waals surface area contributed by atoms with E-state index in [1.165, 1.54) is 24.5 Å². The van der Waals surface area contributed by atoms with Crippen LogP contribution in [0.1, 0.15) is 47.0 Å². The summed E-state index contributed by atoms with van der Waals surface area (Å²) in [7, 11) is 0. The lowest BCUT2D eigenvalue weighted by atomic mass is 9.90. The molecular formula is C22H19F2N3O2. The van der Waals surface area contributed by atoms with Gasteiger partial charge in [0.25, 0.3) is 5.91 Å². The predicted molar refractivity (Wildman–Crippen MR) is 101 cm³/mol. The highest BCUT2D eigenvalue weighted by atomic mass is 19.1. The Morgan fingerprint density at radius 1 is 1.03 bits per heavy atom. The summed E-state index contributed by atoms with van der Waals surface area (Å²) < 4.78 is 32.4. The van der Waals surface area contributed by atoms with Gasteiger partial charge in [0.05, 0.1) is 17.8 Å². The molecule has 1 fully saturated rings. The van der Waals surface area contributed by atoms with Gasteiger partial charge < -0.3 is 9.32 Å². The van der Waals surface area contributed by atoms with Gasteiger partial charge in [-0.1, -0.05) is 0 Å². The predicted octanol–water partition coefficient (Wildman–Crippen LogP) is 4.35. The average Bonchev–Trinajstić information content (AvgIpc) is 3.18. The molecule has 2 atom stereocenters. The Morgan fingerprint density at radius 2 is 1.90 bits per heavy atom. The first-order valence-corrected chi connectivity index (χ1v) is 9.75. The van der Waals surface area contributed by atoms with Gasteiger partial charge >= 0.3 is 0 Å². The Labute approximate surface area is 166 Å². The number of aryl methyl sites for hydroxylation is 1. The molecule has 1 aromatic carbocycles. The molecule has 3 aromatic rings. The van der Waals surface area contributed by atoms with E-state index >= 15 is 0 Å². The van der Waals surface area contributed by atoms with Crippen molar-refractivity contribution in [3.8, 4) is 11.4 Å². The quantitative estimate of drug-likeness (QED) is 0.647. The molecule has 1 saturated heterocycles. The standard InChI is InChI=1S/C22H19F2N3O2/c23-15-3-7-18-13(9-15)1-5-17-6-2-14(11-27(17)22(18)28)21-26-20(12-29-21)19-8-4-16(24)10-25-19/h3-4,7-10,12,14,17H,1-2,5-6,11H2. The smallest absolute Gasteiger partial charge is 0.254 e. The molecule has 148 valence electrons. The van der Waals surface area contributed by atoms with Crippen molar-refractivity contribution in [2.45, 2.75) is 37.6 Å². The average molecular weight is 395 g/mol. The van der Waals surface area contributed by atoms with E-state index in [0.29, 0.717) is 35.8 Å². The number of fused-ring (bicyclic) bond motifs is 2. The highest BCUT2D eigenvalue weighted by Gasteiger charge is 2.37. The minimum atomic E-state index is -0.407. The zero-order valence-corrected chi connectivity index (χ0v) is 15.6. The summed E-state index contributed by atoms with van der Waals surface area (Å²) in [4.78, 5) is 23.6. The van der Waals surface area contributed by atoms with Crippen molar-refractivity contribution in [1.29, 1.82) is 0 Å². The molecule has 0 spiro atoms. The summed E-state index contributed by atoms with van der Waals surface area (Å²) in [6.45, 7) is 0.511. The fourth-order valence-electron chi connectivity index (χ4n) is 4.35. The third kappa shape index (κ3) is 3.30. The van der Waals surface area contributed by atoms with Crippen LogP contribution in [0.5, 0.6) is 0 Å². The Bertz CT molecular complexity index is 1060. The molecular weight excluding hydrogens is 376 g/mol. The van der Waals surface area contributed by atoms with Crippen molar-refractivity contribution in [2.75, 3.05) is 6.54 Å². The first-order valence-electron chi connectivity index (χ1n) is 9.75. The van der Waals surface area contributed by atoms with Crippen LogP contribution in [0, 0.1) is 11.6 Å². The molecule has 7 heteroatoms. The number of hydrogen-bond acceptors (Lipinski definition) is 4. The maximum atomic E-state index is 13.6. The minimum absolute atomic E-state index is 0.0219. The second-order valence-corrected chi connectivity index (χ2v) is 7.66. The third-order valence-electron chi connectivity index (χ3n) is 5.87. The fourth-order valence-corrected chi connectivity index (χ4v) is 4.35. The first kappa shape index (κ1) is 18.0. The molecule has 5 nitrogen and oxygen atoms in total. The van der Waals surface area contributed by atoms with E-state index in [0.717, 1.165) is 31.0 Å². The number of benzene rings is 1. The second-order valence-electron chi connectivity index (χ2n) is 7.66. The lowest BCUT2D eigenvalue weighted by molar-refractivity contribution is 0.0574. The molecule has 2 aliphatic rings. The van der Waals surface area contributed by atoms with E-state index in [2.05, 4.69) is 9.97 Å². The summed E-state index contributed by atoms with van der Waals surface area (Å²) in [5, 5.41) is 0. The maximum absolute atomic E-state index is 13.6. The summed E-state index contributed by atoms with van der Waals surface area (Å²) in [6, 6.07) is 7.43. The number of hydrogen-bond donors (Lipinski definition) is 0. The van der Waals surface area contributed by atoms with Crippen LogP contribution >= 0.6 is 0 Å². The molecule has 0 N–H and O–H groups in total. The number of piperidine rings is 1. The van der Waals surface area contributed by atoms with Crippen LogP contribution < -0.4 is 0 Å². The summed E-state index contributed by atoms with van der Waals surface area (Å²) in [5.74, 6) is -0.238. The number of aromatic nitrogens is 2. The topological polar surface area (TPSA) is 59.2 Å². The molecule has 5 rings (SSSR count). The lowest BCUT2D eigenvalue weighted by Gasteiger charge is -2.37. The number of rotatable bonds is 2. The number of amides is 1. The van der Waals surface area contributed by atoms with E-state index in [1.54, 1.807) is 12.1 Å². The molecule has 0 aliphatic carbocycles. The molecule has 2 unspecified atom stereocenters. The van der Waals surface area contributed by atoms with E-state index < -0.39 is 5.82 Å². The van der Waals surface area contributed by atoms with Crippen LogP contribution in [0.2, 0.25) is 0 Å².